The van der Waals surface area contributed by atoms with Gasteiger partial charge in [0.2, 0.25) is 0 Å². The average Bonchev–Trinajstić information content (AvgIpc) is 2.58. The lowest BCUT2D eigenvalue weighted by molar-refractivity contribution is -0.141. The van der Waals surface area contributed by atoms with Crippen molar-refractivity contribution in [1.82, 2.24) is 0 Å². The second kappa shape index (κ2) is 2.90. The summed E-state index contributed by atoms with van der Waals surface area (Å²) in [5.74, 6) is -0.0649. The van der Waals surface area contributed by atoms with Crippen LogP contribution in [0.2, 0.25) is 0 Å². The minimum absolute atomic E-state index is 0.000000000000000222. The molecule has 0 amide bonds. The van der Waals surface area contributed by atoms with Crippen LogP contribution in [-0.4, -0.2) is 12.1 Å². The highest BCUT2D eigenvalue weighted by atomic mass is 32.1. The van der Waals surface area contributed by atoms with Gasteiger partial charge in [0.25, 0.3) is 0 Å². The first kappa shape index (κ1) is 7.80. The molecule has 1 aliphatic heterocycles. The minimum Gasteiger partial charge on any atom is -0.462 e. The molecule has 0 N–H and O–H groups in total. The van der Waals surface area contributed by atoms with Gasteiger partial charge in [0.05, 0.1) is 5.92 Å². The summed E-state index contributed by atoms with van der Waals surface area (Å²) in [5.41, 5.74) is 0. The summed E-state index contributed by atoms with van der Waals surface area (Å²) in [7, 11) is 0. The number of cyclic esters (lactones) is 1. The SMILES string of the molecule is C[C@@H]1C[C@@H](c2cccs2)C(=O)O1. The van der Waals surface area contributed by atoms with Gasteiger partial charge in [-0.25, -0.2) is 0 Å². The largest absolute Gasteiger partial charge is 0.462 e. The van der Waals surface area contributed by atoms with Gasteiger partial charge < -0.3 is 4.74 Å². The average molecular weight is 182 g/mol. The Morgan fingerprint density at radius 1 is 1.67 bits per heavy atom. The zero-order valence-corrected chi connectivity index (χ0v) is 7.64. The van der Waals surface area contributed by atoms with Gasteiger partial charge in [-0.15, -0.1) is 11.3 Å². The van der Waals surface area contributed by atoms with E-state index in [2.05, 4.69) is 0 Å². The molecule has 0 unspecified atom stereocenters. The Morgan fingerprint density at radius 3 is 3.00 bits per heavy atom. The van der Waals surface area contributed by atoms with Crippen LogP contribution >= 0.6 is 11.3 Å². The number of carbonyl (C=O) groups excluding carboxylic acids is 1. The predicted octanol–water partition coefficient (Wildman–Crippen LogP) is 2.17. The van der Waals surface area contributed by atoms with E-state index in [1.165, 1.54) is 0 Å². The van der Waals surface area contributed by atoms with Crippen molar-refractivity contribution in [3.63, 3.8) is 0 Å². The molecule has 0 bridgehead atoms. The van der Waals surface area contributed by atoms with Crippen molar-refractivity contribution in [3.8, 4) is 0 Å². The lowest BCUT2D eigenvalue weighted by atomic mass is 10.0. The highest BCUT2D eigenvalue weighted by molar-refractivity contribution is 7.10. The normalized spacial score (nSPS) is 28.9. The molecule has 2 atom stereocenters. The summed E-state index contributed by atoms with van der Waals surface area (Å²) >= 11 is 1.63. The molecular weight excluding hydrogens is 172 g/mol. The zero-order valence-electron chi connectivity index (χ0n) is 6.82. The third kappa shape index (κ3) is 1.25. The molecular formula is C9H10O2S. The van der Waals surface area contributed by atoms with E-state index in [-0.39, 0.29) is 18.0 Å². The minimum atomic E-state index is -0.0649. The fourth-order valence-corrected chi connectivity index (χ4v) is 2.31. The zero-order chi connectivity index (χ0) is 8.55. The van der Waals surface area contributed by atoms with E-state index in [0.29, 0.717) is 0 Å². The number of esters is 1. The van der Waals surface area contributed by atoms with Crippen LogP contribution in [0, 0.1) is 0 Å². The van der Waals surface area contributed by atoms with Crippen molar-refractivity contribution in [3.05, 3.63) is 22.4 Å². The summed E-state index contributed by atoms with van der Waals surface area (Å²) in [4.78, 5) is 12.4. The number of hydrogen-bond donors (Lipinski definition) is 0. The maximum atomic E-state index is 11.3. The van der Waals surface area contributed by atoms with Gasteiger partial charge in [0.1, 0.15) is 6.10 Å². The van der Waals surface area contributed by atoms with E-state index >= 15 is 0 Å². The summed E-state index contributed by atoms with van der Waals surface area (Å²) in [6.45, 7) is 1.94. The van der Waals surface area contributed by atoms with E-state index in [0.717, 1.165) is 11.3 Å². The summed E-state index contributed by atoms with van der Waals surface area (Å²) in [5, 5.41) is 1.99. The monoisotopic (exact) mass is 182 g/mol. The van der Waals surface area contributed by atoms with Crippen molar-refractivity contribution in [2.45, 2.75) is 25.4 Å². The van der Waals surface area contributed by atoms with E-state index in [9.17, 15) is 4.79 Å². The molecule has 64 valence electrons. The Morgan fingerprint density at radius 2 is 2.50 bits per heavy atom. The molecule has 0 radical (unpaired) electrons. The fourth-order valence-electron chi connectivity index (χ4n) is 1.48. The Labute approximate surface area is 75.2 Å². The van der Waals surface area contributed by atoms with Crippen molar-refractivity contribution in [2.24, 2.45) is 0 Å². The molecule has 12 heavy (non-hydrogen) atoms. The van der Waals surface area contributed by atoms with Gasteiger partial charge in [0.15, 0.2) is 0 Å². The maximum Gasteiger partial charge on any atom is 0.314 e. The standard InChI is InChI=1S/C9H10O2S/c1-6-5-7(9(10)11-6)8-3-2-4-12-8/h2-4,6-7H,5H2,1H3/t6-,7+/m1/s1. The van der Waals surface area contributed by atoms with Crippen LogP contribution in [0.4, 0.5) is 0 Å². The Balaban J connectivity index is 2.21. The third-order valence-corrected chi connectivity index (χ3v) is 3.04. The van der Waals surface area contributed by atoms with Crippen LogP contribution in [0.15, 0.2) is 17.5 Å². The number of thiophene rings is 1. The Bertz CT molecular complexity index is 279. The summed E-state index contributed by atoms with van der Waals surface area (Å²) < 4.78 is 5.07. The van der Waals surface area contributed by atoms with Gasteiger partial charge >= 0.3 is 5.97 Å². The van der Waals surface area contributed by atoms with Crippen molar-refractivity contribution in [1.29, 1.82) is 0 Å². The molecule has 1 aliphatic rings. The molecule has 0 spiro atoms. The molecule has 1 fully saturated rings. The molecule has 2 rings (SSSR count). The molecule has 1 saturated heterocycles. The second-order valence-electron chi connectivity index (χ2n) is 3.05. The van der Waals surface area contributed by atoms with E-state index < -0.39 is 0 Å². The first-order valence-corrected chi connectivity index (χ1v) is 4.89. The van der Waals surface area contributed by atoms with Gasteiger partial charge in [0, 0.05) is 11.3 Å². The number of ether oxygens (including phenoxy) is 1. The fraction of sp³-hybridized carbons (Fsp3) is 0.444. The van der Waals surface area contributed by atoms with Gasteiger partial charge in [-0.3, -0.25) is 4.79 Å². The third-order valence-electron chi connectivity index (χ3n) is 2.06. The number of hydrogen-bond acceptors (Lipinski definition) is 3. The maximum absolute atomic E-state index is 11.3. The molecule has 1 aromatic rings. The molecule has 0 saturated carbocycles. The molecule has 2 heterocycles. The quantitative estimate of drug-likeness (QED) is 0.622. The molecule has 0 aliphatic carbocycles. The van der Waals surface area contributed by atoms with Crippen molar-refractivity contribution >= 4 is 17.3 Å². The highest BCUT2D eigenvalue weighted by Gasteiger charge is 2.33. The first-order chi connectivity index (χ1) is 5.77. The number of carbonyl (C=O) groups is 1. The van der Waals surface area contributed by atoms with Crippen molar-refractivity contribution in [2.75, 3.05) is 0 Å². The Kier molecular flexibility index (Phi) is 1.89. The smallest absolute Gasteiger partial charge is 0.314 e. The lowest BCUT2D eigenvalue weighted by Crippen LogP contribution is -2.03. The van der Waals surface area contributed by atoms with Gasteiger partial charge in [-0.05, 0) is 18.4 Å². The van der Waals surface area contributed by atoms with Crippen LogP contribution in [0.1, 0.15) is 24.1 Å². The Hall–Kier alpha value is -0.830. The summed E-state index contributed by atoms with van der Waals surface area (Å²) in [6, 6.07) is 3.96. The van der Waals surface area contributed by atoms with Crippen LogP contribution in [-0.2, 0) is 9.53 Å². The van der Waals surface area contributed by atoms with Crippen LogP contribution < -0.4 is 0 Å². The summed E-state index contributed by atoms with van der Waals surface area (Å²) in [6.07, 6.45) is 0.920. The lowest BCUT2D eigenvalue weighted by Gasteiger charge is -1.98. The number of rotatable bonds is 1. The van der Waals surface area contributed by atoms with Gasteiger partial charge in [-0.2, -0.15) is 0 Å². The first-order valence-electron chi connectivity index (χ1n) is 4.01. The van der Waals surface area contributed by atoms with Crippen molar-refractivity contribution < 1.29 is 9.53 Å². The van der Waals surface area contributed by atoms with Gasteiger partial charge in [-0.1, -0.05) is 6.07 Å². The molecule has 3 heteroatoms. The molecule has 0 aromatic carbocycles. The van der Waals surface area contributed by atoms with E-state index in [1.54, 1.807) is 11.3 Å². The highest BCUT2D eigenvalue weighted by Crippen LogP contribution is 2.32. The molecule has 1 aromatic heterocycles. The molecule has 2 nitrogen and oxygen atoms in total. The second-order valence-corrected chi connectivity index (χ2v) is 4.03. The van der Waals surface area contributed by atoms with E-state index in [4.69, 9.17) is 4.74 Å². The van der Waals surface area contributed by atoms with Crippen LogP contribution in [0.5, 0.6) is 0 Å². The predicted molar refractivity (Wildman–Crippen MR) is 47.2 cm³/mol. The topological polar surface area (TPSA) is 26.3 Å². The van der Waals surface area contributed by atoms with Crippen LogP contribution in [0.25, 0.3) is 0 Å². The van der Waals surface area contributed by atoms with E-state index in [1.807, 2.05) is 24.4 Å². The van der Waals surface area contributed by atoms with Crippen LogP contribution in [0.3, 0.4) is 0 Å².